The van der Waals surface area contributed by atoms with E-state index in [0.717, 1.165) is 0 Å². The first kappa shape index (κ1) is 14.6. The number of hydrogen-bond acceptors (Lipinski definition) is 4. The summed E-state index contributed by atoms with van der Waals surface area (Å²) in [6.07, 6.45) is 0. The Balaban J connectivity index is 2.90. The molecule has 0 aromatic heterocycles. The van der Waals surface area contributed by atoms with Gasteiger partial charge in [0.1, 0.15) is 5.56 Å². The van der Waals surface area contributed by atoms with Crippen molar-refractivity contribution in [2.24, 2.45) is 5.92 Å². The number of aliphatic carboxylic acids is 1. The number of amides is 1. The third-order valence-electron chi connectivity index (χ3n) is 2.58. The normalized spacial score (nSPS) is 11.7. The fourth-order valence-electron chi connectivity index (χ4n) is 1.42. The molecule has 0 saturated heterocycles. The number of rotatable bonds is 5. The Bertz CT molecular complexity index is 527. The van der Waals surface area contributed by atoms with Gasteiger partial charge >= 0.3 is 5.97 Å². The number of aryl methyl sites for hydroxylation is 1. The van der Waals surface area contributed by atoms with E-state index in [1.165, 1.54) is 25.1 Å². The minimum Gasteiger partial charge on any atom is -0.481 e. The van der Waals surface area contributed by atoms with E-state index in [1.807, 2.05) is 0 Å². The second-order valence-corrected chi connectivity index (χ2v) is 4.23. The van der Waals surface area contributed by atoms with Crippen molar-refractivity contribution in [3.05, 3.63) is 39.4 Å². The molecule has 0 aliphatic heterocycles. The molecule has 0 fully saturated rings. The molecular weight excluding hydrogens is 252 g/mol. The van der Waals surface area contributed by atoms with Gasteiger partial charge in [-0.1, -0.05) is 13.0 Å². The molecular formula is C12H14N2O5. The van der Waals surface area contributed by atoms with Gasteiger partial charge in [-0.2, -0.15) is 0 Å². The largest absolute Gasteiger partial charge is 0.481 e. The Morgan fingerprint density at radius 2 is 2.11 bits per heavy atom. The zero-order valence-electron chi connectivity index (χ0n) is 10.5. The zero-order valence-corrected chi connectivity index (χ0v) is 10.5. The van der Waals surface area contributed by atoms with E-state index in [4.69, 9.17) is 5.11 Å². The summed E-state index contributed by atoms with van der Waals surface area (Å²) in [5, 5.41) is 21.9. The lowest BCUT2D eigenvalue weighted by Gasteiger charge is -2.09. The lowest BCUT2D eigenvalue weighted by Crippen LogP contribution is -2.31. The van der Waals surface area contributed by atoms with Crippen molar-refractivity contribution in [1.82, 2.24) is 5.32 Å². The van der Waals surface area contributed by atoms with Gasteiger partial charge in [0.2, 0.25) is 0 Å². The van der Waals surface area contributed by atoms with Crippen LogP contribution in [-0.2, 0) is 4.79 Å². The Kier molecular flexibility index (Phi) is 4.57. The Morgan fingerprint density at radius 1 is 1.47 bits per heavy atom. The van der Waals surface area contributed by atoms with Crippen molar-refractivity contribution < 1.29 is 19.6 Å². The van der Waals surface area contributed by atoms with Crippen LogP contribution >= 0.6 is 0 Å². The molecule has 0 aliphatic carbocycles. The highest BCUT2D eigenvalue weighted by Gasteiger charge is 2.21. The molecule has 0 aliphatic rings. The summed E-state index contributed by atoms with van der Waals surface area (Å²) in [7, 11) is 0. The molecule has 0 radical (unpaired) electrons. The number of hydrogen-bond donors (Lipinski definition) is 2. The standard InChI is InChI=1S/C12H14N2O5/c1-7-3-4-10(14(18)19)9(5-7)11(15)13-6-8(2)12(16)17/h3-5,8H,6H2,1-2H3,(H,13,15)(H,16,17). The SMILES string of the molecule is Cc1ccc([N+](=O)[O-])c(C(=O)NCC(C)C(=O)O)c1. The number of carboxylic acids is 1. The van der Waals surface area contributed by atoms with Crippen molar-refractivity contribution in [3.63, 3.8) is 0 Å². The predicted octanol–water partition coefficient (Wildman–Crippen LogP) is 1.35. The average Bonchev–Trinajstić information content (AvgIpc) is 2.34. The van der Waals surface area contributed by atoms with Crippen LogP contribution in [0.25, 0.3) is 0 Å². The molecule has 0 saturated carbocycles. The number of nitro groups is 1. The van der Waals surface area contributed by atoms with Gasteiger partial charge in [-0.05, 0) is 18.6 Å². The zero-order chi connectivity index (χ0) is 14.6. The van der Waals surface area contributed by atoms with Gasteiger partial charge in [-0.3, -0.25) is 19.7 Å². The Labute approximate surface area is 109 Å². The van der Waals surface area contributed by atoms with Crippen LogP contribution in [0.5, 0.6) is 0 Å². The predicted molar refractivity (Wildman–Crippen MR) is 67.0 cm³/mol. The van der Waals surface area contributed by atoms with Crippen molar-refractivity contribution >= 4 is 17.6 Å². The average molecular weight is 266 g/mol. The van der Waals surface area contributed by atoms with Crippen LogP contribution in [0.1, 0.15) is 22.8 Å². The minimum atomic E-state index is -1.04. The van der Waals surface area contributed by atoms with E-state index in [1.54, 1.807) is 6.92 Å². The van der Waals surface area contributed by atoms with Crippen molar-refractivity contribution in [2.75, 3.05) is 6.54 Å². The van der Waals surface area contributed by atoms with E-state index >= 15 is 0 Å². The van der Waals surface area contributed by atoms with Crippen molar-refractivity contribution in [1.29, 1.82) is 0 Å². The molecule has 1 rings (SSSR count). The van der Waals surface area contributed by atoms with Gasteiger partial charge in [0, 0.05) is 12.6 Å². The highest BCUT2D eigenvalue weighted by atomic mass is 16.6. The van der Waals surface area contributed by atoms with Gasteiger partial charge in [-0.15, -0.1) is 0 Å². The van der Waals surface area contributed by atoms with Crippen LogP contribution in [0.2, 0.25) is 0 Å². The second-order valence-electron chi connectivity index (χ2n) is 4.23. The third-order valence-corrected chi connectivity index (χ3v) is 2.58. The number of nitrogens with zero attached hydrogens (tertiary/aromatic N) is 1. The van der Waals surface area contributed by atoms with E-state index in [2.05, 4.69) is 5.32 Å². The summed E-state index contributed by atoms with van der Waals surface area (Å²) in [6, 6.07) is 4.19. The molecule has 0 heterocycles. The number of nitro benzene ring substituents is 1. The van der Waals surface area contributed by atoms with Crippen LogP contribution in [0.4, 0.5) is 5.69 Å². The summed E-state index contributed by atoms with van der Waals surface area (Å²) in [4.78, 5) is 32.6. The van der Waals surface area contributed by atoms with E-state index < -0.39 is 22.7 Å². The molecule has 2 N–H and O–H groups in total. The highest BCUT2D eigenvalue weighted by molar-refractivity contribution is 5.98. The number of carbonyl (C=O) groups excluding carboxylic acids is 1. The first-order valence-electron chi connectivity index (χ1n) is 5.59. The maximum absolute atomic E-state index is 11.8. The molecule has 102 valence electrons. The van der Waals surface area contributed by atoms with Gasteiger partial charge in [0.25, 0.3) is 11.6 Å². The minimum absolute atomic E-state index is 0.0670. The molecule has 7 nitrogen and oxygen atoms in total. The van der Waals surface area contributed by atoms with Crippen molar-refractivity contribution in [2.45, 2.75) is 13.8 Å². The molecule has 1 atom stereocenters. The first-order valence-corrected chi connectivity index (χ1v) is 5.59. The topological polar surface area (TPSA) is 110 Å². The highest BCUT2D eigenvalue weighted by Crippen LogP contribution is 2.19. The van der Waals surface area contributed by atoms with Crippen LogP contribution < -0.4 is 5.32 Å². The fourth-order valence-corrected chi connectivity index (χ4v) is 1.42. The number of nitrogens with one attached hydrogen (secondary N) is 1. The number of benzene rings is 1. The second kappa shape index (κ2) is 5.94. The van der Waals surface area contributed by atoms with E-state index in [-0.39, 0.29) is 17.8 Å². The monoisotopic (exact) mass is 266 g/mol. The molecule has 0 bridgehead atoms. The molecule has 1 aromatic rings. The summed E-state index contributed by atoms with van der Waals surface area (Å²) in [6.45, 7) is 3.06. The molecule has 1 unspecified atom stereocenters. The maximum Gasteiger partial charge on any atom is 0.308 e. The van der Waals surface area contributed by atoms with Gasteiger partial charge in [0.05, 0.1) is 10.8 Å². The first-order chi connectivity index (χ1) is 8.82. The lowest BCUT2D eigenvalue weighted by atomic mass is 10.1. The van der Waals surface area contributed by atoms with Crippen molar-refractivity contribution in [3.8, 4) is 0 Å². The van der Waals surface area contributed by atoms with Gasteiger partial charge in [-0.25, -0.2) is 0 Å². The molecule has 19 heavy (non-hydrogen) atoms. The Hall–Kier alpha value is -2.44. The lowest BCUT2D eigenvalue weighted by molar-refractivity contribution is -0.385. The van der Waals surface area contributed by atoms with Gasteiger partial charge < -0.3 is 10.4 Å². The molecule has 1 aromatic carbocycles. The smallest absolute Gasteiger partial charge is 0.308 e. The molecule has 1 amide bonds. The third kappa shape index (κ3) is 3.77. The van der Waals surface area contributed by atoms with Gasteiger partial charge in [0.15, 0.2) is 0 Å². The summed E-state index contributed by atoms with van der Waals surface area (Å²) in [5.74, 6) is -2.45. The van der Waals surface area contributed by atoms with Crippen LogP contribution in [0, 0.1) is 23.0 Å². The van der Waals surface area contributed by atoms with Crippen LogP contribution in [-0.4, -0.2) is 28.5 Å². The molecule has 7 heteroatoms. The van der Waals surface area contributed by atoms with Crippen LogP contribution in [0.15, 0.2) is 18.2 Å². The quantitative estimate of drug-likeness (QED) is 0.617. The molecule has 0 spiro atoms. The Morgan fingerprint density at radius 3 is 2.63 bits per heavy atom. The van der Waals surface area contributed by atoms with E-state index in [9.17, 15) is 19.7 Å². The summed E-state index contributed by atoms with van der Waals surface area (Å²) < 4.78 is 0. The number of carbonyl (C=O) groups is 2. The fraction of sp³-hybridized carbons (Fsp3) is 0.333. The van der Waals surface area contributed by atoms with Crippen LogP contribution in [0.3, 0.4) is 0 Å². The maximum atomic E-state index is 11.8. The summed E-state index contributed by atoms with van der Waals surface area (Å²) in [5.41, 5.74) is 0.343. The van der Waals surface area contributed by atoms with E-state index in [0.29, 0.717) is 5.56 Å². The number of carboxylic acid groups (broad SMARTS) is 1. The summed E-state index contributed by atoms with van der Waals surface area (Å²) >= 11 is 0.